The van der Waals surface area contributed by atoms with Gasteiger partial charge in [-0.3, -0.25) is 9.88 Å². The Kier molecular flexibility index (Phi) is 6.00. The third kappa shape index (κ3) is 5.29. The molecule has 0 amide bonds. The Balaban J connectivity index is 1.89. The molecule has 0 saturated carbocycles. The van der Waals surface area contributed by atoms with Crippen molar-refractivity contribution in [3.8, 4) is 5.75 Å². The van der Waals surface area contributed by atoms with E-state index in [4.69, 9.17) is 4.74 Å². The number of pyridine rings is 1. The second-order valence-corrected chi connectivity index (χ2v) is 6.52. The Morgan fingerprint density at radius 1 is 1.29 bits per heavy atom. The SMILES string of the molecule is CC(C)NC1CCN(Cc2cnccc2OC(C)C)CC1. The molecule has 1 fully saturated rings. The quantitative estimate of drug-likeness (QED) is 0.874. The summed E-state index contributed by atoms with van der Waals surface area (Å²) in [6.07, 6.45) is 6.39. The molecule has 0 bridgehead atoms. The van der Waals surface area contributed by atoms with Crippen LogP contribution in [0.1, 0.15) is 46.1 Å². The highest BCUT2D eigenvalue weighted by molar-refractivity contribution is 5.30. The number of ether oxygens (including phenoxy) is 1. The normalized spacial score (nSPS) is 17.6. The van der Waals surface area contributed by atoms with Crippen LogP contribution in [0.2, 0.25) is 0 Å². The molecule has 21 heavy (non-hydrogen) atoms. The predicted octanol–water partition coefficient (Wildman–Crippen LogP) is 2.83. The highest BCUT2D eigenvalue weighted by Gasteiger charge is 2.20. The van der Waals surface area contributed by atoms with Crippen LogP contribution >= 0.6 is 0 Å². The van der Waals surface area contributed by atoms with Crippen molar-refractivity contribution >= 4 is 0 Å². The average Bonchev–Trinajstić information content (AvgIpc) is 2.42. The summed E-state index contributed by atoms with van der Waals surface area (Å²) in [6.45, 7) is 11.8. The lowest BCUT2D eigenvalue weighted by atomic mass is 10.0. The summed E-state index contributed by atoms with van der Waals surface area (Å²) >= 11 is 0. The van der Waals surface area contributed by atoms with E-state index in [0.717, 1.165) is 25.4 Å². The summed E-state index contributed by atoms with van der Waals surface area (Å²) in [4.78, 5) is 6.76. The Morgan fingerprint density at radius 3 is 2.62 bits per heavy atom. The largest absolute Gasteiger partial charge is 0.491 e. The third-order valence-corrected chi connectivity index (χ3v) is 3.77. The zero-order valence-electron chi connectivity index (χ0n) is 13.8. The summed E-state index contributed by atoms with van der Waals surface area (Å²) in [5.74, 6) is 0.974. The van der Waals surface area contributed by atoms with Gasteiger partial charge < -0.3 is 10.1 Å². The standard InChI is InChI=1S/C17H29N3O/c1-13(2)19-16-6-9-20(10-7-16)12-15-11-18-8-5-17(15)21-14(3)4/h5,8,11,13-14,16,19H,6-7,9-10,12H2,1-4H3. The first-order chi connectivity index (χ1) is 10.0. The Morgan fingerprint density at radius 2 is 2.00 bits per heavy atom. The van der Waals surface area contributed by atoms with Gasteiger partial charge in [-0.25, -0.2) is 0 Å². The number of hydrogen-bond acceptors (Lipinski definition) is 4. The number of nitrogens with one attached hydrogen (secondary N) is 1. The van der Waals surface area contributed by atoms with Crippen molar-refractivity contribution in [1.82, 2.24) is 15.2 Å². The topological polar surface area (TPSA) is 37.4 Å². The maximum atomic E-state index is 5.88. The van der Waals surface area contributed by atoms with Gasteiger partial charge in [0.25, 0.3) is 0 Å². The molecule has 1 saturated heterocycles. The molecule has 2 heterocycles. The van der Waals surface area contributed by atoms with Gasteiger partial charge in [0.15, 0.2) is 0 Å². The smallest absolute Gasteiger partial charge is 0.127 e. The number of likely N-dealkylation sites (tertiary alicyclic amines) is 1. The molecule has 0 unspecified atom stereocenters. The van der Waals surface area contributed by atoms with Crippen LogP contribution in [0.15, 0.2) is 18.5 Å². The first-order valence-electron chi connectivity index (χ1n) is 8.12. The summed E-state index contributed by atoms with van der Waals surface area (Å²) in [7, 11) is 0. The lowest BCUT2D eigenvalue weighted by Gasteiger charge is -2.33. The molecule has 0 aromatic carbocycles. The van der Waals surface area contributed by atoms with E-state index in [1.54, 1.807) is 6.20 Å². The molecule has 1 N–H and O–H groups in total. The lowest BCUT2D eigenvalue weighted by Crippen LogP contribution is -2.44. The number of rotatable bonds is 6. The second-order valence-electron chi connectivity index (χ2n) is 6.52. The van der Waals surface area contributed by atoms with Crippen molar-refractivity contribution in [3.05, 3.63) is 24.0 Å². The zero-order chi connectivity index (χ0) is 15.2. The van der Waals surface area contributed by atoms with Crippen LogP contribution in [0.4, 0.5) is 0 Å². The zero-order valence-corrected chi connectivity index (χ0v) is 13.8. The molecule has 0 spiro atoms. The van der Waals surface area contributed by atoms with Crippen molar-refractivity contribution in [2.24, 2.45) is 0 Å². The van der Waals surface area contributed by atoms with E-state index in [0.29, 0.717) is 12.1 Å². The molecule has 1 aromatic heterocycles. The predicted molar refractivity (Wildman–Crippen MR) is 86.6 cm³/mol. The molecule has 1 aromatic rings. The van der Waals surface area contributed by atoms with Crippen molar-refractivity contribution in [2.75, 3.05) is 13.1 Å². The molecule has 0 aliphatic carbocycles. The number of hydrogen-bond donors (Lipinski definition) is 1. The van der Waals surface area contributed by atoms with Gasteiger partial charge in [-0.2, -0.15) is 0 Å². The lowest BCUT2D eigenvalue weighted by molar-refractivity contribution is 0.180. The maximum absolute atomic E-state index is 5.88. The van der Waals surface area contributed by atoms with E-state index < -0.39 is 0 Å². The van der Waals surface area contributed by atoms with Crippen LogP contribution in [0, 0.1) is 0 Å². The molecular formula is C17H29N3O. The van der Waals surface area contributed by atoms with Gasteiger partial charge in [0.2, 0.25) is 0 Å². The fourth-order valence-corrected chi connectivity index (χ4v) is 2.87. The highest BCUT2D eigenvalue weighted by Crippen LogP contribution is 2.22. The average molecular weight is 291 g/mol. The van der Waals surface area contributed by atoms with Crippen molar-refractivity contribution in [1.29, 1.82) is 0 Å². The first kappa shape index (κ1) is 16.2. The van der Waals surface area contributed by atoms with Gasteiger partial charge in [0, 0.05) is 36.6 Å². The summed E-state index contributed by atoms with van der Waals surface area (Å²) in [5, 5.41) is 3.64. The maximum Gasteiger partial charge on any atom is 0.127 e. The summed E-state index contributed by atoms with van der Waals surface area (Å²) in [6, 6.07) is 3.22. The minimum Gasteiger partial charge on any atom is -0.491 e. The van der Waals surface area contributed by atoms with Gasteiger partial charge in [-0.05, 0) is 45.8 Å². The molecular weight excluding hydrogens is 262 g/mol. The van der Waals surface area contributed by atoms with E-state index in [2.05, 4.69) is 42.9 Å². The van der Waals surface area contributed by atoms with E-state index in [1.165, 1.54) is 18.4 Å². The Bertz CT molecular complexity index is 426. The van der Waals surface area contributed by atoms with Gasteiger partial charge in [0.05, 0.1) is 6.10 Å². The third-order valence-electron chi connectivity index (χ3n) is 3.77. The van der Waals surface area contributed by atoms with Crippen LogP contribution in [0.3, 0.4) is 0 Å². The van der Waals surface area contributed by atoms with Crippen LogP contribution in [0.25, 0.3) is 0 Å². The number of piperidine rings is 1. The van der Waals surface area contributed by atoms with Gasteiger partial charge >= 0.3 is 0 Å². The molecule has 2 rings (SSSR count). The molecule has 118 valence electrons. The van der Waals surface area contributed by atoms with Crippen molar-refractivity contribution in [2.45, 2.75) is 65.3 Å². The van der Waals surface area contributed by atoms with E-state index >= 15 is 0 Å². The fourth-order valence-electron chi connectivity index (χ4n) is 2.87. The van der Waals surface area contributed by atoms with E-state index in [1.807, 2.05) is 12.3 Å². The van der Waals surface area contributed by atoms with Crippen molar-refractivity contribution < 1.29 is 4.74 Å². The second kappa shape index (κ2) is 7.76. The minimum atomic E-state index is 0.201. The Hall–Kier alpha value is -1.13. The summed E-state index contributed by atoms with van der Waals surface area (Å²) < 4.78 is 5.88. The van der Waals surface area contributed by atoms with Gasteiger partial charge in [0.1, 0.15) is 5.75 Å². The first-order valence-corrected chi connectivity index (χ1v) is 8.12. The fraction of sp³-hybridized carbons (Fsp3) is 0.706. The minimum absolute atomic E-state index is 0.201. The highest BCUT2D eigenvalue weighted by atomic mass is 16.5. The molecule has 1 aliphatic heterocycles. The van der Waals surface area contributed by atoms with Crippen LogP contribution in [0.5, 0.6) is 5.75 Å². The van der Waals surface area contributed by atoms with E-state index in [-0.39, 0.29) is 6.10 Å². The van der Waals surface area contributed by atoms with Crippen LogP contribution in [-0.4, -0.2) is 41.2 Å². The van der Waals surface area contributed by atoms with Crippen LogP contribution in [-0.2, 0) is 6.54 Å². The van der Waals surface area contributed by atoms with Crippen molar-refractivity contribution in [3.63, 3.8) is 0 Å². The van der Waals surface area contributed by atoms with E-state index in [9.17, 15) is 0 Å². The molecule has 0 radical (unpaired) electrons. The monoisotopic (exact) mass is 291 g/mol. The summed E-state index contributed by atoms with van der Waals surface area (Å²) in [5.41, 5.74) is 1.20. The number of aromatic nitrogens is 1. The van der Waals surface area contributed by atoms with Gasteiger partial charge in [-0.1, -0.05) is 13.8 Å². The van der Waals surface area contributed by atoms with Gasteiger partial charge in [-0.15, -0.1) is 0 Å². The number of nitrogens with zero attached hydrogens (tertiary/aromatic N) is 2. The molecule has 4 heteroatoms. The van der Waals surface area contributed by atoms with Crippen LogP contribution < -0.4 is 10.1 Å². The molecule has 0 atom stereocenters. The Labute approximate surface area is 128 Å². The molecule has 1 aliphatic rings. The molecule has 4 nitrogen and oxygen atoms in total.